The van der Waals surface area contributed by atoms with Crippen LogP contribution in [0.2, 0.25) is 0 Å². The highest BCUT2D eigenvalue weighted by atomic mass is 16.5. The smallest absolute Gasteiger partial charge is 0.128 e. The average Bonchev–Trinajstić information content (AvgIpc) is 2.18. The van der Waals surface area contributed by atoms with E-state index in [2.05, 4.69) is 217 Å². The minimum atomic E-state index is 0.398. The predicted molar refractivity (Wildman–Crippen MR) is 335 cm³/mol. The highest BCUT2D eigenvalue weighted by Crippen LogP contribution is 2.50. The largest absolute Gasteiger partial charge is 0.489 e. The lowest BCUT2D eigenvalue weighted by Crippen LogP contribution is -2.13. The van der Waals surface area contributed by atoms with Crippen molar-refractivity contribution in [3.05, 3.63) is 215 Å². The Morgan fingerprint density at radius 1 is 0.190 bits per heavy atom. The van der Waals surface area contributed by atoms with E-state index in [-0.39, 0.29) is 0 Å². The van der Waals surface area contributed by atoms with E-state index < -0.39 is 0 Å². The monoisotopic (exact) mass is 1070 g/mol. The molecular formula is C78H42O6. The topological polar surface area (TPSA) is 55.4 Å². The van der Waals surface area contributed by atoms with E-state index in [9.17, 15) is 0 Å². The van der Waals surface area contributed by atoms with Gasteiger partial charge in [-0.3, -0.25) is 0 Å². The highest BCUT2D eigenvalue weighted by Gasteiger charge is 2.25. The second kappa shape index (κ2) is 20.2. The summed E-state index contributed by atoms with van der Waals surface area (Å²) in [7, 11) is 0. The quantitative estimate of drug-likeness (QED) is 0.141. The zero-order chi connectivity index (χ0) is 55.5. The third-order valence-electron chi connectivity index (χ3n) is 15.9. The van der Waals surface area contributed by atoms with Gasteiger partial charge >= 0.3 is 0 Å². The molecule has 0 atom stereocenters. The third kappa shape index (κ3) is 8.60. The van der Waals surface area contributed by atoms with E-state index in [4.69, 9.17) is 28.4 Å². The van der Waals surface area contributed by atoms with Crippen LogP contribution in [-0.2, 0) is 0 Å². The van der Waals surface area contributed by atoms with Gasteiger partial charge in [0, 0.05) is 66.8 Å². The summed E-state index contributed by atoms with van der Waals surface area (Å²) >= 11 is 0. The van der Waals surface area contributed by atoms with Crippen LogP contribution in [-0.4, -0.2) is 39.6 Å². The van der Waals surface area contributed by atoms with Crippen molar-refractivity contribution in [2.45, 2.75) is 0 Å². The number of rotatable bonds is 0. The molecule has 84 heavy (non-hydrogen) atoms. The first-order chi connectivity index (χ1) is 41.6. The first kappa shape index (κ1) is 48.3. The van der Waals surface area contributed by atoms with Crippen LogP contribution in [0, 0.1) is 71.0 Å². The van der Waals surface area contributed by atoms with Crippen LogP contribution >= 0.6 is 0 Å². The van der Waals surface area contributed by atoms with Gasteiger partial charge in [-0.15, -0.1) is 0 Å². The standard InChI is InChI=1S/C78H42O6/c1-2-8-50-14-20-56-26-32-68-74(62(56)44-50)76-64-46-52(16-22-58(64)28-34-70(76)82-40-39-80-68)10-5-6-12-54-18-24-60-30-36-72-78(66(60)48-54)77-65-47-53(17-23-59(65)29-35-71(77)83-41-42-84-72)11-4-3-9-51-15-21-57-27-33-69-75(63(57)45-51)73-61-43-49(7-1)13-19-55(61)25-31-67(73)79-37-38-81-69/h13-36,43-48H,37-42H2. The van der Waals surface area contributed by atoms with E-state index in [1.54, 1.807) is 0 Å². The molecule has 12 aromatic rings. The fourth-order valence-corrected chi connectivity index (χ4v) is 12.1. The first-order valence-corrected chi connectivity index (χ1v) is 27.8. The third-order valence-corrected chi connectivity index (χ3v) is 15.9. The van der Waals surface area contributed by atoms with E-state index in [1.165, 1.54) is 0 Å². The zero-order valence-corrected chi connectivity index (χ0v) is 45.0. The van der Waals surface area contributed by atoms with E-state index >= 15 is 0 Å². The number of benzene rings is 12. The lowest BCUT2D eigenvalue weighted by atomic mass is 9.90. The molecule has 12 aromatic carbocycles. The molecule has 1 aliphatic carbocycles. The van der Waals surface area contributed by atoms with Crippen LogP contribution in [0.25, 0.3) is 98.0 Å². The minimum Gasteiger partial charge on any atom is -0.489 e. The van der Waals surface area contributed by atoms with Crippen LogP contribution in [0.1, 0.15) is 33.4 Å². The normalized spacial score (nSPS) is 13.3. The summed E-state index contributed by atoms with van der Waals surface area (Å²) in [5.41, 5.74) is 10.5. The molecule has 16 rings (SSSR count). The molecule has 0 aromatic heterocycles. The summed E-state index contributed by atoms with van der Waals surface area (Å²) in [5, 5.41) is 12.2. The molecule has 390 valence electrons. The molecular weight excluding hydrogens is 1030 g/mol. The SMILES string of the molecule is C1#Cc2ccc3ccc4c(c3c2)-c2c(ccc3ccc(cc23)C#CC#Cc2ccc3ccc5c(c3c2)-c2c(ccc3ccc(cc23)C#CC#Cc2ccc3ccc6c(c3c2)-c2c(ccc3ccc(cc23)C#C1)OCCO6)OCCO5)OCCO4. The molecule has 0 saturated heterocycles. The average molecular weight is 1080 g/mol. The van der Waals surface area contributed by atoms with Crippen molar-refractivity contribution >= 4 is 64.6 Å². The van der Waals surface area contributed by atoms with Crippen molar-refractivity contribution in [2.24, 2.45) is 0 Å². The maximum atomic E-state index is 6.46. The van der Waals surface area contributed by atoms with Crippen molar-refractivity contribution in [3.63, 3.8) is 0 Å². The molecule has 4 aliphatic rings. The van der Waals surface area contributed by atoms with Gasteiger partial charge in [-0.25, -0.2) is 0 Å². The first-order valence-electron chi connectivity index (χ1n) is 27.8. The van der Waals surface area contributed by atoms with Gasteiger partial charge in [0.2, 0.25) is 0 Å². The van der Waals surface area contributed by atoms with Crippen LogP contribution < -0.4 is 28.4 Å². The number of fused-ring (bicyclic) bond motifs is 6. The summed E-state index contributed by atoms with van der Waals surface area (Å²) in [6, 6.07) is 62.4. The van der Waals surface area contributed by atoms with Crippen LogP contribution in [0.5, 0.6) is 34.5 Å². The van der Waals surface area contributed by atoms with Crippen LogP contribution in [0.15, 0.2) is 182 Å². The Morgan fingerprint density at radius 3 is 0.512 bits per heavy atom. The van der Waals surface area contributed by atoms with Gasteiger partial charge in [-0.05, 0) is 209 Å². The minimum absolute atomic E-state index is 0.398. The van der Waals surface area contributed by atoms with Crippen molar-refractivity contribution in [3.8, 4) is 139 Å². The second-order valence-electron chi connectivity index (χ2n) is 20.8. The van der Waals surface area contributed by atoms with E-state index in [1.807, 2.05) is 36.4 Å². The number of hydrogen-bond donors (Lipinski definition) is 0. The summed E-state index contributed by atoms with van der Waals surface area (Å²) in [4.78, 5) is 0. The molecule has 6 heteroatoms. The second-order valence-corrected chi connectivity index (χ2v) is 20.8. The zero-order valence-electron chi connectivity index (χ0n) is 45.0. The Bertz CT molecular complexity index is 4460. The Kier molecular flexibility index (Phi) is 11.6. The Labute approximate surface area is 484 Å². The van der Waals surface area contributed by atoms with Crippen molar-refractivity contribution < 1.29 is 28.4 Å². The number of hydrogen-bond acceptors (Lipinski definition) is 6. The molecule has 3 aliphatic heterocycles. The van der Waals surface area contributed by atoms with Gasteiger partial charge in [0.1, 0.15) is 74.1 Å². The van der Waals surface area contributed by atoms with Gasteiger partial charge in [-0.2, -0.15) is 0 Å². The lowest BCUT2D eigenvalue weighted by molar-refractivity contribution is 0.215. The maximum Gasteiger partial charge on any atom is 0.128 e. The molecule has 0 fully saturated rings. The summed E-state index contributed by atoms with van der Waals surface area (Å²) in [5.74, 6) is 43.8. The fraction of sp³-hybridized carbons (Fsp3) is 0.0769. The predicted octanol–water partition coefficient (Wildman–Crippen LogP) is 15.4. The Morgan fingerprint density at radius 2 is 0.345 bits per heavy atom. The van der Waals surface area contributed by atoms with Gasteiger partial charge in [0.25, 0.3) is 0 Å². The van der Waals surface area contributed by atoms with Gasteiger partial charge in [-0.1, -0.05) is 108 Å². The molecule has 0 amide bonds. The van der Waals surface area contributed by atoms with Gasteiger partial charge in [0.15, 0.2) is 0 Å². The van der Waals surface area contributed by atoms with Crippen molar-refractivity contribution in [1.29, 1.82) is 0 Å². The van der Waals surface area contributed by atoms with Crippen molar-refractivity contribution in [2.75, 3.05) is 39.6 Å². The Balaban J connectivity index is 0.901. The van der Waals surface area contributed by atoms with Crippen molar-refractivity contribution in [1.82, 2.24) is 0 Å². The molecule has 6 nitrogen and oxygen atoms in total. The summed E-state index contributed by atoms with van der Waals surface area (Å²) in [6.07, 6.45) is 0. The van der Waals surface area contributed by atoms with E-state index in [0.717, 1.165) is 166 Å². The highest BCUT2D eigenvalue weighted by molar-refractivity contribution is 6.13. The molecule has 0 radical (unpaired) electrons. The van der Waals surface area contributed by atoms with Crippen LogP contribution in [0.4, 0.5) is 0 Å². The molecule has 3 heterocycles. The van der Waals surface area contributed by atoms with Gasteiger partial charge in [0.05, 0.1) is 0 Å². The molecule has 12 bridgehead atoms. The van der Waals surface area contributed by atoms with Crippen LogP contribution in [0.3, 0.4) is 0 Å². The lowest BCUT2D eigenvalue weighted by Gasteiger charge is -2.22. The summed E-state index contributed by atoms with van der Waals surface area (Å²) in [6.45, 7) is 2.39. The summed E-state index contributed by atoms with van der Waals surface area (Å²) < 4.78 is 38.8. The fourth-order valence-electron chi connectivity index (χ4n) is 12.1. The van der Waals surface area contributed by atoms with Gasteiger partial charge < -0.3 is 28.4 Å². The van der Waals surface area contributed by atoms with E-state index in [0.29, 0.717) is 39.6 Å². The molecule has 0 saturated carbocycles. The molecule has 0 unspecified atom stereocenters. The number of ether oxygens (including phenoxy) is 6. The molecule has 0 spiro atoms. The molecule has 0 N–H and O–H groups in total. The Hall–Kier alpha value is -11.6. The maximum absolute atomic E-state index is 6.46.